The van der Waals surface area contributed by atoms with Crippen LogP contribution in [0.2, 0.25) is 0 Å². The van der Waals surface area contributed by atoms with Gasteiger partial charge in [-0.1, -0.05) is 39.3 Å². The highest BCUT2D eigenvalue weighted by Gasteiger charge is 2.15. The van der Waals surface area contributed by atoms with Crippen molar-refractivity contribution in [3.05, 3.63) is 35.4 Å². The average Bonchev–Trinajstić information content (AvgIpc) is 2.49. The summed E-state index contributed by atoms with van der Waals surface area (Å²) in [6.07, 6.45) is 1.39. The minimum absolute atomic E-state index is 0.0982. The van der Waals surface area contributed by atoms with Crippen LogP contribution in [0.25, 0.3) is 0 Å². The number of carboxylic acid groups (broad SMARTS) is 1. The van der Waals surface area contributed by atoms with Crippen LogP contribution in [0, 0.1) is 5.92 Å². The number of nitrogens with one attached hydrogen (secondary N) is 2. The topological polar surface area (TPSA) is 78.4 Å². The summed E-state index contributed by atoms with van der Waals surface area (Å²) in [5.41, 5.74) is 1.50. The van der Waals surface area contributed by atoms with Crippen LogP contribution in [0.1, 0.15) is 49.5 Å². The Balaban J connectivity index is 2.63. The molecule has 0 aliphatic heterocycles. The Bertz CT molecular complexity index is 500. The fourth-order valence-electron chi connectivity index (χ4n) is 2.06. The van der Waals surface area contributed by atoms with Gasteiger partial charge in [-0.25, -0.2) is 0 Å². The van der Waals surface area contributed by atoms with E-state index in [-0.39, 0.29) is 5.91 Å². The molecule has 22 heavy (non-hydrogen) atoms. The van der Waals surface area contributed by atoms with Gasteiger partial charge >= 0.3 is 5.97 Å². The van der Waals surface area contributed by atoms with E-state index in [2.05, 4.69) is 10.6 Å². The summed E-state index contributed by atoms with van der Waals surface area (Å²) in [5.74, 6) is -0.536. The monoisotopic (exact) mass is 306 g/mol. The lowest BCUT2D eigenvalue weighted by Gasteiger charge is -2.14. The number of carboxylic acids is 1. The quantitative estimate of drug-likeness (QED) is 0.654. The van der Waals surface area contributed by atoms with E-state index in [1.54, 1.807) is 12.1 Å². The predicted molar refractivity (Wildman–Crippen MR) is 86.8 cm³/mol. The van der Waals surface area contributed by atoms with Crippen molar-refractivity contribution in [2.45, 2.75) is 46.2 Å². The number of hydrogen-bond donors (Lipinski definition) is 3. The first-order chi connectivity index (χ1) is 10.4. The van der Waals surface area contributed by atoms with Crippen LogP contribution in [-0.4, -0.2) is 29.6 Å². The maximum Gasteiger partial charge on any atom is 0.320 e. The van der Waals surface area contributed by atoms with Crippen LogP contribution in [-0.2, 0) is 11.3 Å². The largest absolute Gasteiger partial charge is 0.480 e. The van der Waals surface area contributed by atoms with Crippen LogP contribution in [0.4, 0.5) is 0 Å². The predicted octanol–water partition coefficient (Wildman–Crippen LogP) is 2.42. The van der Waals surface area contributed by atoms with Gasteiger partial charge in [-0.2, -0.15) is 0 Å². The molecule has 0 spiro atoms. The van der Waals surface area contributed by atoms with Crippen molar-refractivity contribution in [3.8, 4) is 0 Å². The standard InChI is InChI=1S/C17H26N2O3/c1-4-6-15(17(21)22)18-11-13-7-5-8-14(9-13)16(20)19-10-12(2)3/h5,7-9,12,15,18H,4,6,10-11H2,1-3H3,(H,19,20)(H,21,22). The maximum absolute atomic E-state index is 12.0. The third kappa shape index (κ3) is 6.26. The fraction of sp³-hybridized carbons (Fsp3) is 0.529. The van der Waals surface area contributed by atoms with E-state index in [0.29, 0.717) is 31.0 Å². The van der Waals surface area contributed by atoms with Crippen molar-refractivity contribution >= 4 is 11.9 Å². The van der Waals surface area contributed by atoms with Crippen molar-refractivity contribution in [1.82, 2.24) is 10.6 Å². The Morgan fingerprint density at radius 3 is 2.59 bits per heavy atom. The normalized spacial score (nSPS) is 12.2. The molecule has 0 aliphatic rings. The third-order valence-electron chi connectivity index (χ3n) is 3.29. The molecule has 3 N–H and O–H groups in total. The summed E-state index contributed by atoms with van der Waals surface area (Å²) in [6.45, 7) is 7.11. The highest BCUT2D eigenvalue weighted by Crippen LogP contribution is 2.07. The molecule has 0 saturated heterocycles. The van der Waals surface area contributed by atoms with Gasteiger partial charge in [-0.3, -0.25) is 9.59 Å². The molecule has 5 nitrogen and oxygen atoms in total. The number of hydrogen-bond acceptors (Lipinski definition) is 3. The van der Waals surface area contributed by atoms with E-state index < -0.39 is 12.0 Å². The zero-order valence-corrected chi connectivity index (χ0v) is 13.6. The third-order valence-corrected chi connectivity index (χ3v) is 3.29. The second-order valence-electron chi connectivity index (χ2n) is 5.86. The number of amides is 1. The number of aliphatic carboxylic acids is 1. The zero-order chi connectivity index (χ0) is 16.5. The molecule has 1 aromatic rings. The molecule has 1 rings (SSSR count). The lowest BCUT2D eigenvalue weighted by atomic mass is 10.1. The zero-order valence-electron chi connectivity index (χ0n) is 13.6. The SMILES string of the molecule is CCCC(NCc1cccc(C(=O)NCC(C)C)c1)C(=O)O. The molecule has 0 saturated carbocycles. The molecule has 0 aliphatic carbocycles. The Morgan fingerprint density at radius 2 is 2.00 bits per heavy atom. The molecule has 0 radical (unpaired) electrons. The second kappa shape index (κ2) is 9.20. The molecule has 122 valence electrons. The number of carbonyl (C=O) groups is 2. The minimum Gasteiger partial charge on any atom is -0.480 e. The van der Waals surface area contributed by atoms with E-state index in [1.165, 1.54) is 0 Å². The molecule has 1 aromatic carbocycles. The Hall–Kier alpha value is -1.88. The van der Waals surface area contributed by atoms with Crippen molar-refractivity contribution < 1.29 is 14.7 Å². The summed E-state index contributed by atoms with van der Waals surface area (Å²) < 4.78 is 0. The van der Waals surface area contributed by atoms with E-state index in [0.717, 1.165) is 12.0 Å². The van der Waals surface area contributed by atoms with E-state index in [4.69, 9.17) is 5.11 Å². The molecule has 0 aromatic heterocycles. The van der Waals surface area contributed by atoms with Crippen molar-refractivity contribution in [2.75, 3.05) is 6.54 Å². The second-order valence-corrected chi connectivity index (χ2v) is 5.86. The van der Waals surface area contributed by atoms with Gasteiger partial charge in [0.25, 0.3) is 5.91 Å². The van der Waals surface area contributed by atoms with Gasteiger partial charge in [0.1, 0.15) is 6.04 Å². The first-order valence-corrected chi connectivity index (χ1v) is 7.77. The van der Waals surface area contributed by atoms with Gasteiger partial charge in [0, 0.05) is 18.7 Å². The first kappa shape index (κ1) is 18.2. The summed E-state index contributed by atoms with van der Waals surface area (Å²) in [6, 6.07) is 6.71. The average molecular weight is 306 g/mol. The van der Waals surface area contributed by atoms with E-state index in [9.17, 15) is 9.59 Å². The van der Waals surface area contributed by atoms with E-state index in [1.807, 2.05) is 32.9 Å². The molecular formula is C17H26N2O3. The molecule has 0 heterocycles. The van der Waals surface area contributed by atoms with Crippen LogP contribution >= 0.6 is 0 Å². The van der Waals surface area contributed by atoms with Gasteiger partial charge in [0.15, 0.2) is 0 Å². The van der Waals surface area contributed by atoms with Crippen molar-refractivity contribution in [3.63, 3.8) is 0 Å². The molecule has 1 atom stereocenters. The van der Waals surface area contributed by atoms with Gasteiger partial charge in [-0.15, -0.1) is 0 Å². The van der Waals surface area contributed by atoms with Crippen LogP contribution in [0.5, 0.6) is 0 Å². The molecule has 1 unspecified atom stereocenters. The first-order valence-electron chi connectivity index (χ1n) is 7.77. The number of rotatable bonds is 9. The van der Waals surface area contributed by atoms with Crippen molar-refractivity contribution in [2.24, 2.45) is 5.92 Å². The molecule has 1 amide bonds. The van der Waals surface area contributed by atoms with Crippen LogP contribution < -0.4 is 10.6 Å². The van der Waals surface area contributed by atoms with Gasteiger partial charge in [-0.05, 0) is 30.0 Å². The molecule has 0 fully saturated rings. The van der Waals surface area contributed by atoms with Crippen molar-refractivity contribution in [1.29, 1.82) is 0 Å². The highest BCUT2D eigenvalue weighted by molar-refractivity contribution is 5.94. The maximum atomic E-state index is 12.0. The molecule has 0 bridgehead atoms. The highest BCUT2D eigenvalue weighted by atomic mass is 16.4. The lowest BCUT2D eigenvalue weighted by molar-refractivity contribution is -0.139. The van der Waals surface area contributed by atoms with Crippen LogP contribution in [0.15, 0.2) is 24.3 Å². The van der Waals surface area contributed by atoms with Gasteiger partial charge in [0.2, 0.25) is 0 Å². The molecular weight excluding hydrogens is 280 g/mol. The Labute approximate surface area is 132 Å². The van der Waals surface area contributed by atoms with Gasteiger partial charge < -0.3 is 15.7 Å². The Kier molecular flexibility index (Phi) is 7.60. The van der Waals surface area contributed by atoms with Gasteiger partial charge in [0.05, 0.1) is 0 Å². The summed E-state index contributed by atoms with van der Waals surface area (Å²) in [4.78, 5) is 23.1. The summed E-state index contributed by atoms with van der Waals surface area (Å²) in [5, 5.41) is 15.0. The van der Waals surface area contributed by atoms with Crippen LogP contribution in [0.3, 0.4) is 0 Å². The lowest BCUT2D eigenvalue weighted by Crippen LogP contribution is -2.36. The fourth-order valence-corrected chi connectivity index (χ4v) is 2.06. The summed E-state index contributed by atoms with van der Waals surface area (Å²) in [7, 11) is 0. The minimum atomic E-state index is -0.840. The molecule has 5 heteroatoms. The Morgan fingerprint density at radius 1 is 1.27 bits per heavy atom. The number of benzene rings is 1. The summed E-state index contributed by atoms with van der Waals surface area (Å²) >= 11 is 0. The smallest absolute Gasteiger partial charge is 0.320 e. The van der Waals surface area contributed by atoms with E-state index >= 15 is 0 Å². The number of carbonyl (C=O) groups excluding carboxylic acids is 1.